The SMILES string of the molecule is CCCCCCc1ccc(S)c(Cl)c1. The van der Waals surface area contributed by atoms with Crippen molar-refractivity contribution >= 4 is 24.2 Å². The van der Waals surface area contributed by atoms with Gasteiger partial charge in [-0.15, -0.1) is 12.6 Å². The summed E-state index contributed by atoms with van der Waals surface area (Å²) in [6.07, 6.45) is 6.33. The first-order chi connectivity index (χ1) is 6.74. The van der Waals surface area contributed by atoms with E-state index in [4.69, 9.17) is 11.6 Å². The molecule has 0 nitrogen and oxygen atoms in total. The minimum Gasteiger partial charge on any atom is -0.142 e. The van der Waals surface area contributed by atoms with Crippen LogP contribution in [0.1, 0.15) is 38.2 Å². The fraction of sp³-hybridized carbons (Fsp3) is 0.500. The lowest BCUT2D eigenvalue weighted by Crippen LogP contribution is -1.86. The molecule has 0 fully saturated rings. The van der Waals surface area contributed by atoms with Crippen LogP contribution in [-0.4, -0.2) is 0 Å². The van der Waals surface area contributed by atoms with Crippen LogP contribution < -0.4 is 0 Å². The Morgan fingerprint density at radius 2 is 2.00 bits per heavy atom. The van der Waals surface area contributed by atoms with Crippen LogP contribution in [-0.2, 0) is 6.42 Å². The van der Waals surface area contributed by atoms with Crippen molar-refractivity contribution in [3.8, 4) is 0 Å². The molecule has 0 saturated carbocycles. The quantitative estimate of drug-likeness (QED) is 0.546. The minimum absolute atomic E-state index is 0.765. The van der Waals surface area contributed by atoms with Crippen molar-refractivity contribution in [2.24, 2.45) is 0 Å². The third kappa shape index (κ3) is 3.93. The van der Waals surface area contributed by atoms with Crippen molar-refractivity contribution in [3.05, 3.63) is 28.8 Å². The summed E-state index contributed by atoms with van der Waals surface area (Å²) in [4.78, 5) is 0.865. The summed E-state index contributed by atoms with van der Waals surface area (Å²) < 4.78 is 0. The molecule has 0 amide bonds. The predicted octanol–water partition coefficient (Wildman–Crippen LogP) is 4.75. The van der Waals surface area contributed by atoms with Crippen LogP contribution in [0.4, 0.5) is 0 Å². The maximum absolute atomic E-state index is 5.98. The fourth-order valence-electron chi connectivity index (χ4n) is 1.46. The van der Waals surface area contributed by atoms with E-state index < -0.39 is 0 Å². The Morgan fingerprint density at radius 3 is 2.64 bits per heavy atom. The van der Waals surface area contributed by atoms with Gasteiger partial charge in [0.1, 0.15) is 0 Å². The molecule has 2 heteroatoms. The number of unbranched alkanes of at least 4 members (excludes halogenated alkanes) is 3. The van der Waals surface area contributed by atoms with Gasteiger partial charge in [0.05, 0.1) is 5.02 Å². The van der Waals surface area contributed by atoms with Gasteiger partial charge in [0.2, 0.25) is 0 Å². The first-order valence-corrected chi connectivity index (χ1v) is 6.04. The highest BCUT2D eigenvalue weighted by atomic mass is 35.5. The second-order valence-electron chi connectivity index (χ2n) is 3.60. The largest absolute Gasteiger partial charge is 0.142 e. The molecule has 0 aliphatic heterocycles. The normalized spacial score (nSPS) is 10.5. The molecule has 0 N–H and O–H groups in total. The smallest absolute Gasteiger partial charge is 0.0541 e. The van der Waals surface area contributed by atoms with E-state index >= 15 is 0 Å². The second kappa shape index (κ2) is 6.36. The Morgan fingerprint density at radius 1 is 1.21 bits per heavy atom. The van der Waals surface area contributed by atoms with Gasteiger partial charge in [0, 0.05) is 4.90 Å². The Balaban J connectivity index is 2.39. The third-order valence-corrected chi connectivity index (χ3v) is 3.17. The standard InChI is InChI=1S/C12H17ClS/c1-2-3-4-5-6-10-7-8-12(14)11(13)9-10/h7-9,14H,2-6H2,1H3. The molecule has 0 spiro atoms. The van der Waals surface area contributed by atoms with Crippen molar-refractivity contribution in [3.63, 3.8) is 0 Å². The van der Waals surface area contributed by atoms with Crippen molar-refractivity contribution in [2.75, 3.05) is 0 Å². The van der Waals surface area contributed by atoms with E-state index in [0.29, 0.717) is 0 Å². The average Bonchev–Trinajstić information content (AvgIpc) is 2.18. The van der Waals surface area contributed by atoms with E-state index in [0.717, 1.165) is 16.3 Å². The van der Waals surface area contributed by atoms with E-state index in [1.54, 1.807) is 0 Å². The summed E-state index contributed by atoms with van der Waals surface area (Å²) in [7, 11) is 0. The molecule has 14 heavy (non-hydrogen) atoms. The molecule has 0 heterocycles. The molecule has 0 atom stereocenters. The van der Waals surface area contributed by atoms with Crippen molar-refractivity contribution in [1.29, 1.82) is 0 Å². The molecule has 0 aromatic heterocycles. The second-order valence-corrected chi connectivity index (χ2v) is 4.49. The van der Waals surface area contributed by atoms with Gasteiger partial charge in [0.25, 0.3) is 0 Å². The number of benzene rings is 1. The molecule has 1 aromatic carbocycles. The van der Waals surface area contributed by atoms with Crippen LogP contribution >= 0.6 is 24.2 Å². The Labute approximate surface area is 97.1 Å². The number of hydrogen-bond donors (Lipinski definition) is 1. The summed E-state index contributed by atoms with van der Waals surface area (Å²) in [5, 5.41) is 0.765. The molecule has 1 aromatic rings. The van der Waals surface area contributed by atoms with E-state index in [1.807, 2.05) is 12.1 Å². The van der Waals surface area contributed by atoms with Crippen LogP contribution in [0, 0.1) is 0 Å². The van der Waals surface area contributed by atoms with E-state index in [1.165, 1.54) is 31.2 Å². The van der Waals surface area contributed by atoms with Gasteiger partial charge in [-0.2, -0.15) is 0 Å². The van der Waals surface area contributed by atoms with E-state index in [-0.39, 0.29) is 0 Å². The Kier molecular flexibility index (Phi) is 5.42. The van der Waals surface area contributed by atoms with Gasteiger partial charge < -0.3 is 0 Å². The zero-order valence-corrected chi connectivity index (χ0v) is 10.2. The van der Waals surface area contributed by atoms with Gasteiger partial charge in [-0.3, -0.25) is 0 Å². The fourth-order valence-corrected chi connectivity index (χ4v) is 1.80. The van der Waals surface area contributed by atoms with Crippen LogP contribution in [0.25, 0.3) is 0 Å². The first kappa shape index (κ1) is 11.9. The lowest BCUT2D eigenvalue weighted by Gasteiger charge is -2.03. The van der Waals surface area contributed by atoms with Gasteiger partial charge in [-0.05, 0) is 30.5 Å². The zero-order valence-electron chi connectivity index (χ0n) is 8.59. The predicted molar refractivity (Wildman–Crippen MR) is 66.6 cm³/mol. The highest BCUT2D eigenvalue weighted by molar-refractivity contribution is 7.80. The van der Waals surface area contributed by atoms with Crippen molar-refractivity contribution in [2.45, 2.75) is 43.9 Å². The number of thiol groups is 1. The van der Waals surface area contributed by atoms with Crippen LogP contribution in [0.3, 0.4) is 0 Å². The topological polar surface area (TPSA) is 0 Å². The monoisotopic (exact) mass is 228 g/mol. The molecule has 78 valence electrons. The summed E-state index contributed by atoms with van der Waals surface area (Å²) in [5.74, 6) is 0. The lowest BCUT2D eigenvalue weighted by atomic mass is 10.1. The van der Waals surface area contributed by atoms with Crippen molar-refractivity contribution in [1.82, 2.24) is 0 Å². The minimum atomic E-state index is 0.765. The van der Waals surface area contributed by atoms with E-state index in [9.17, 15) is 0 Å². The van der Waals surface area contributed by atoms with Crippen LogP contribution in [0.2, 0.25) is 5.02 Å². The molecule has 0 saturated heterocycles. The summed E-state index contributed by atoms with van der Waals surface area (Å²) in [5.41, 5.74) is 1.32. The molecular formula is C12H17ClS. The van der Waals surface area contributed by atoms with Gasteiger partial charge in [-0.25, -0.2) is 0 Å². The highest BCUT2D eigenvalue weighted by Crippen LogP contribution is 2.21. The molecule has 0 bridgehead atoms. The summed E-state index contributed by atoms with van der Waals surface area (Å²) in [6.45, 7) is 2.23. The maximum Gasteiger partial charge on any atom is 0.0541 e. The van der Waals surface area contributed by atoms with Crippen LogP contribution in [0.15, 0.2) is 23.1 Å². The van der Waals surface area contributed by atoms with Gasteiger partial charge >= 0.3 is 0 Å². The molecule has 1 rings (SSSR count). The van der Waals surface area contributed by atoms with Crippen LogP contribution in [0.5, 0.6) is 0 Å². The highest BCUT2D eigenvalue weighted by Gasteiger charge is 1.98. The Hall–Kier alpha value is -0.140. The first-order valence-electron chi connectivity index (χ1n) is 5.21. The van der Waals surface area contributed by atoms with Gasteiger partial charge in [0.15, 0.2) is 0 Å². The molecular weight excluding hydrogens is 212 g/mol. The van der Waals surface area contributed by atoms with Crippen molar-refractivity contribution < 1.29 is 0 Å². The van der Waals surface area contributed by atoms with Gasteiger partial charge in [-0.1, -0.05) is 43.9 Å². The number of rotatable bonds is 5. The summed E-state index contributed by atoms with van der Waals surface area (Å²) >= 11 is 10.2. The average molecular weight is 229 g/mol. The maximum atomic E-state index is 5.98. The zero-order chi connectivity index (χ0) is 10.4. The number of aryl methyl sites for hydroxylation is 1. The lowest BCUT2D eigenvalue weighted by molar-refractivity contribution is 0.667. The number of hydrogen-bond acceptors (Lipinski definition) is 1. The summed E-state index contributed by atoms with van der Waals surface area (Å²) in [6, 6.07) is 6.11. The molecule has 0 aliphatic rings. The molecule has 0 aliphatic carbocycles. The molecule has 0 radical (unpaired) electrons. The number of halogens is 1. The molecule has 0 unspecified atom stereocenters. The van der Waals surface area contributed by atoms with E-state index in [2.05, 4.69) is 25.6 Å². The third-order valence-electron chi connectivity index (χ3n) is 2.33. The Bertz CT molecular complexity index is 284.